The minimum absolute atomic E-state index is 0.602. The Morgan fingerprint density at radius 1 is 1.17 bits per heavy atom. The lowest BCUT2D eigenvalue weighted by Crippen LogP contribution is -2.49. The van der Waals surface area contributed by atoms with E-state index < -0.39 is 12.0 Å². The van der Waals surface area contributed by atoms with Crippen molar-refractivity contribution in [3.8, 4) is 0 Å². The molecule has 6 nitrogen and oxygen atoms in total. The summed E-state index contributed by atoms with van der Waals surface area (Å²) in [4.78, 5) is 24.5. The van der Waals surface area contributed by atoms with Crippen molar-refractivity contribution in [3.63, 3.8) is 0 Å². The van der Waals surface area contributed by atoms with E-state index in [-0.39, 0.29) is 0 Å². The molecule has 24 heavy (non-hydrogen) atoms. The summed E-state index contributed by atoms with van der Waals surface area (Å²) < 4.78 is 0. The Labute approximate surface area is 141 Å². The predicted molar refractivity (Wildman–Crippen MR) is 92.1 cm³/mol. The predicted octanol–water partition coefficient (Wildman–Crippen LogP) is 2.04. The first-order chi connectivity index (χ1) is 11.6. The summed E-state index contributed by atoms with van der Waals surface area (Å²) >= 11 is 0. The van der Waals surface area contributed by atoms with Gasteiger partial charge in [-0.2, -0.15) is 0 Å². The Morgan fingerprint density at radius 3 is 2.50 bits per heavy atom. The van der Waals surface area contributed by atoms with Crippen LogP contribution in [0, 0.1) is 13.8 Å². The maximum atomic E-state index is 11.9. The first-order valence-electron chi connectivity index (χ1n) is 8.11. The van der Waals surface area contributed by atoms with Crippen LogP contribution in [-0.2, 0) is 4.79 Å². The number of piperazine rings is 1. The van der Waals surface area contributed by atoms with Crippen LogP contribution in [0.4, 0.5) is 5.82 Å². The fourth-order valence-electron chi connectivity index (χ4n) is 3.28. The lowest BCUT2D eigenvalue weighted by Gasteiger charge is -2.38. The van der Waals surface area contributed by atoms with E-state index in [1.165, 1.54) is 0 Å². The minimum Gasteiger partial charge on any atom is -0.480 e. The van der Waals surface area contributed by atoms with Gasteiger partial charge in [-0.3, -0.25) is 14.7 Å². The highest BCUT2D eigenvalue weighted by Gasteiger charge is 2.31. The molecule has 0 spiro atoms. The number of carbonyl (C=O) groups is 1. The molecule has 1 aliphatic heterocycles. The molecule has 0 aliphatic carbocycles. The van der Waals surface area contributed by atoms with Crippen molar-refractivity contribution in [1.29, 1.82) is 0 Å². The summed E-state index contributed by atoms with van der Waals surface area (Å²) in [7, 11) is 0. The molecule has 0 radical (unpaired) electrons. The van der Waals surface area contributed by atoms with Gasteiger partial charge in [-0.25, -0.2) is 4.98 Å². The van der Waals surface area contributed by atoms with E-state index in [1.54, 1.807) is 18.6 Å². The highest BCUT2D eigenvalue weighted by molar-refractivity contribution is 5.76. The average molecular weight is 326 g/mol. The van der Waals surface area contributed by atoms with Gasteiger partial charge in [0.15, 0.2) is 0 Å². The second kappa shape index (κ2) is 6.97. The number of carboxylic acids is 1. The van der Waals surface area contributed by atoms with Gasteiger partial charge in [0.25, 0.3) is 0 Å². The summed E-state index contributed by atoms with van der Waals surface area (Å²) in [6.07, 6.45) is 5.08. The molecule has 1 saturated heterocycles. The second-order valence-corrected chi connectivity index (χ2v) is 6.19. The van der Waals surface area contributed by atoms with Crippen LogP contribution in [0.1, 0.15) is 22.7 Å². The van der Waals surface area contributed by atoms with Crippen LogP contribution >= 0.6 is 0 Å². The molecule has 3 rings (SSSR count). The molecule has 0 saturated carbocycles. The van der Waals surface area contributed by atoms with Crippen LogP contribution in [0.5, 0.6) is 0 Å². The summed E-state index contributed by atoms with van der Waals surface area (Å²) in [5, 5.41) is 9.78. The Morgan fingerprint density at radius 2 is 1.92 bits per heavy atom. The Bertz CT molecular complexity index is 712. The van der Waals surface area contributed by atoms with Crippen LogP contribution in [0.15, 0.2) is 36.8 Å². The van der Waals surface area contributed by atoms with E-state index in [4.69, 9.17) is 0 Å². The monoisotopic (exact) mass is 326 g/mol. The number of aryl methyl sites for hydroxylation is 2. The standard InChI is InChI=1S/C18H22N4O2/c1-13-3-4-15(14(2)11-13)17(18(23)24)22-9-7-21(8-10-22)16-12-19-5-6-20-16/h3-6,11-12,17H,7-10H2,1-2H3,(H,23,24)/t17-/m1/s1. The SMILES string of the molecule is Cc1ccc([C@H](C(=O)O)N2CCN(c3cnccn3)CC2)c(C)c1. The Kier molecular flexibility index (Phi) is 4.76. The molecule has 1 aliphatic rings. The maximum Gasteiger partial charge on any atom is 0.325 e. The van der Waals surface area contributed by atoms with Gasteiger partial charge in [0.05, 0.1) is 6.20 Å². The van der Waals surface area contributed by atoms with E-state index in [9.17, 15) is 9.90 Å². The summed E-state index contributed by atoms with van der Waals surface area (Å²) in [6, 6.07) is 5.36. The molecule has 1 N–H and O–H groups in total. The van der Waals surface area contributed by atoms with Gasteiger partial charge in [0.2, 0.25) is 0 Å². The molecule has 126 valence electrons. The number of hydrogen-bond acceptors (Lipinski definition) is 5. The molecule has 0 bridgehead atoms. The third-order valence-electron chi connectivity index (χ3n) is 4.51. The van der Waals surface area contributed by atoms with Gasteiger partial charge in [-0.1, -0.05) is 23.8 Å². The van der Waals surface area contributed by atoms with Gasteiger partial charge >= 0.3 is 5.97 Å². The molecular weight excluding hydrogens is 304 g/mol. The van der Waals surface area contributed by atoms with E-state index in [0.29, 0.717) is 13.1 Å². The van der Waals surface area contributed by atoms with Gasteiger partial charge in [-0.15, -0.1) is 0 Å². The first-order valence-corrected chi connectivity index (χ1v) is 8.11. The highest BCUT2D eigenvalue weighted by Crippen LogP contribution is 2.27. The van der Waals surface area contributed by atoms with Crippen molar-refractivity contribution in [1.82, 2.24) is 14.9 Å². The molecular formula is C18H22N4O2. The fraction of sp³-hybridized carbons (Fsp3) is 0.389. The molecule has 1 aromatic heterocycles. The number of nitrogens with zero attached hydrogens (tertiary/aromatic N) is 4. The number of carboxylic acid groups (broad SMARTS) is 1. The summed E-state index contributed by atoms with van der Waals surface area (Å²) in [6.45, 7) is 6.85. The van der Waals surface area contributed by atoms with Gasteiger partial charge in [0.1, 0.15) is 11.9 Å². The lowest BCUT2D eigenvalue weighted by atomic mass is 9.97. The van der Waals surface area contributed by atoms with Crippen LogP contribution < -0.4 is 4.90 Å². The quantitative estimate of drug-likeness (QED) is 0.927. The number of rotatable bonds is 4. The highest BCUT2D eigenvalue weighted by atomic mass is 16.4. The molecule has 2 aromatic rings. The van der Waals surface area contributed by atoms with E-state index in [1.807, 2.05) is 36.9 Å². The van der Waals surface area contributed by atoms with Crippen LogP contribution in [0.3, 0.4) is 0 Å². The number of benzene rings is 1. The van der Waals surface area contributed by atoms with Crippen molar-refractivity contribution in [2.24, 2.45) is 0 Å². The van der Waals surface area contributed by atoms with Crippen molar-refractivity contribution in [2.45, 2.75) is 19.9 Å². The molecule has 1 fully saturated rings. The third-order valence-corrected chi connectivity index (χ3v) is 4.51. The van der Waals surface area contributed by atoms with Crippen molar-refractivity contribution >= 4 is 11.8 Å². The van der Waals surface area contributed by atoms with Crippen molar-refractivity contribution in [2.75, 3.05) is 31.1 Å². The third kappa shape index (κ3) is 3.38. The number of aliphatic carboxylic acids is 1. The molecule has 6 heteroatoms. The van der Waals surface area contributed by atoms with Gasteiger partial charge in [-0.05, 0) is 25.0 Å². The van der Waals surface area contributed by atoms with E-state index >= 15 is 0 Å². The smallest absolute Gasteiger partial charge is 0.325 e. The Balaban J connectivity index is 1.76. The normalized spacial score (nSPS) is 16.8. The largest absolute Gasteiger partial charge is 0.480 e. The zero-order valence-electron chi connectivity index (χ0n) is 14.0. The number of hydrogen-bond donors (Lipinski definition) is 1. The maximum absolute atomic E-state index is 11.9. The van der Waals surface area contributed by atoms with Crippen molar-refractivity contribution in [3.05, 3.63) is 53.5 Å². The topological polar surface area (TPSA) is 69.6 Å². The molecule has 1 atom stereocenters. The van der Waals surface area contributed by atoms with E-state index in [2.05, 4.69) is 14.9 Å². The van der Waals surface area contributed by atoms with Gasteiger partial charge < -0.3 is 10.0 Å². The zero-order chi connectivity index (χ0) is 17.1. The second-order valence-electron chi connectivity index (χ2n) is 6.19. The van der Waals surface area contributed by atoms with Crippen LogP contribution in [0.25, 0.3) is 0 Å². The number of aromatic nitrogens is 2. The molecule has 0 amide bonds. The minimum atomic E-state index is -0.796. The molecule has 1 aromatic carbocycles. The summed E-state index contributed by atoms with van der Waals surface area (Å²) in [5.74, 6) is 0.0467. The summed E-state index contributed by atoms with van der Waals surface area (Å²) in [5.41, 5.74) is 3.05. The van der Waals surface area contributed by atoms with Crippen LogP contribution in [-0.4, -0.2) is 52.1 Å². The van der Waals surface area contributed by atoms with E-state index in [0.717, 1.165) is 35.6 Å². The lowest BCUT2D eigenvalue weighted by molar-refractivity contribution is -0.143. The number of anilines is 1. The fourth-order valence-corrected chi connectivity index (χ4v) is 3.28. The Hall–Kier alpha value is -2.47. The van der Waals surface area contributed by atoms with Crippen LogP contribution in [0.2, 0.25) is 0 Å². The van der Waals surface area contributed by atoms with Crippen molar-refractivity contribution < 1.29 is 9.90 Å². The van der Waals surface area contributed by atoms with Gasteiger partial charge in [0, 0.05) is 38.6 Å². The molecule has 0 unspecified atom stereocenters. The zero-order valence-corrected chi connectivity index (χ0v) is 14.0. The first kappa shape index (κ1) is 16.4. The average Bonchev–Trinajstić information content (AvgIpc) is 2.58. The molecule has 2 heterocycles.